The molecule has 3 aromatic carbocycles. The molecule has 0 fully saturated rings. The van der Waals surface area contributed by atoms with Crippen molar-refractivity contribution < 1.29 is 14.3 Å². The van der Waals surface area contributed by atoms with E-state index in [9.17, 15) is 9.59 Å². The topological polar surface area (TPSA) is 53.1 Å². The first kappa shape index (κ1) is 21.8. The first-order valence-electron chi connectivity index (χ1n) is 11.5. The highest BCUT2D eigenvalue weighted by Crippen LogP contribution is 2.40. The number of amides is 2. The summed E-state index contributed by atoms with van der Waals surface area (Å²) < 4.78 is 5.58. The molecule has 6 nitrogen and oxygen atoms in total. The zero-order chi connectivity index (χ0) is 23.8. The minimum atomic E-state index is -0.315. The molecule has 0 saturated heterocycles. The van der Waals surface area contributed by atoms with E-state index in [2.05, 4.69) is 6.07 Å². The molecule has 2 aliphatic rings. The molecule has 6 heteroatoms. The van der Waals surface area contributed by atoms with Crippen LogP contribution in [0.4, 0.5) is 17.1 Å². The van der Waals surface area contributed by atoms with E-state index in [1.54, 1.807) is 6.07 Å². The van der Waals surface area contributed by atoms with E-state index in [4.69, 9.17) is 4.74 Å². The minimum absolute atomic E-state index is 0.304. The molecule has 0 radical (unpaired) electrons. The van der Waals surface area contributed by atoms with Crippen LogP contribution in [0.1, 0.15) is 18.1 Å². The van der Waals surface area contributed by atoms with Gasteiger partial charge in [0.15, 0.2) is 0 Å². The van der Waals surface area contributed by atoms with Gasteiger partial charge in [0.2, 0.25) is 0 Å². The second kappa shape index (κ2) is 8.71. The fourth-order valence-corrected chi connectivity index (χ4v) is 4.63. The lowest BCUT2D eigenvalue weighted by molar-refractivity contribution is -0.120. The van der Waals surface area contributed by atoms with E-state index in [1.807, 2.05) is 91.5 Å². The van der Waals surface area contributed by atoms with Crippen LogP contribution in [0.5, 0.6) is 5.75 Å². The van der Waals surface area contributed by atoms with Crippen molar-refractivity contribution in [3.8, 4) is 5.75 Å². The quantitative estimate of drug-likeness (QED) is 0.515. The van der Waals surface area contributed by atoms with Crippen molar-refractivity contribution in [2.45, 2.75) is 13.3 Å². The zero-order valence-corrected chi connectivity index (χ0v) is 19.6. The highest BCUT2D eigenvalue weighted by molar-refractivity contribution is 6.46. The van der Waals surface area contributed by atoms with E-state index in [1.165, 1.54) is 10.5 Å². The van der Waals surface area contributed by atoms with Crippen LogP contribution in [-0.2, 0) is 16.0 Å². The van der Waals surface area contributed by atoms with Crippen LogP contribution in [0.3, 0.4) is 0 Å². The Kier molecular flexibility index (Phi) is 5.57. The van der Waals surface area contributed by atoms with E-state index in [0.29, 0.717) is 35.7 Å². The van der Waals surface area contributed by atoms with Gasteiger partial charge in [-0.2, -0.15) is 0 Å². The molecule has 3 aromatic rings. The van der Waals surface area contributed by atoms with Crippen molar-refractivity contribution in [3.05, 3.63) is 89.6 Å². The van der Waals surface area contributed by atoms with Gasteiger partial charge >= 0.3 is 0 Å². The summed E-state index contributed by atoms with van der Waals surface area (Å²) in [7, 11) is 3.87. The number of anilines is 3. The summed E-state index contributed by atoms with van der Waals surface area (Å²) in [4.78, 5) is 33.0. The molecule has 0 spiro atoms. The Morgan fingerprint density at radius 2 is 1.68 bits per heavy atom. The summed E-state index contributed by atoms with van der Waals surface area (Å²) in [6, 6.07) is 22.9. The van der Waals surface area contributed by atoms with Crippen LogP contribution < -0.4 is 19.4 Å². The van der Waals surface area contributed by atoms with Gasteiger partial charge in [0.1, 0.15) is 11.4 Å². The highest BCUT2D eigenvalue weighted by Gasteiger charge is 2.44. The van der Waals surface area contributed by atoms with E-state index < -0.39 is 0 Å². The van der Waals surface area contributed by atoms with E-state index >= 15 is 0 Å². The average molecular weight is 454 g/mol. The first-order chi connectivity index (χ1) is 16.5. The molecular formula is C28H27N3O3. The number of fused-ring (bicyclic) bond motifs is 1. The number of carbonyl (C=O) groups is 2. The predicted molar refractivity (Wildman–Crippen MR) is 135 cm³/mol. The fraction of sp³-hybridized carbons (Fsp3) is 0.214. The fourth-order valence-electron chi connectivity index (χ4n) is 4.63. The standard InChI is InChI=1S/C28H27N3O3/c1-4-34-23-14-12-20(13-15-23)25-26(30-17-16-19-8-5-6-11-24(19)30)28(33)31(27(25)32)22-10-7-9-21(18-22)29(2)3/h5-15,18H,4,16-17H2,1-3H3. The normalized spacial score (nSPS) is 15.3. The van der Waals surface area contributed by atoms with Gasteiger partial charge in [0, 0.05) is 32.0 Å². The Labute approximate surface area is 199 Å². The Morgan fingerprint density at radius 1 is 0.912 bits per heavy atom. The molecule has 2 amide bonds. The maximum Gasteiger partial charge on any atom is 0.282 e. The van der Waals surface area contributed by atoms with Gasteiger partial charge in [-0.25, -0.2) is 4.90 Å². The second-order valence-electron chi connectivity index (χ2n) is 8.57. The molecule has 0 saturated carbocycles. The maximum absolute atomic E-state index is 13.9. The van der Waals surface area contributed by atoms with Crippen LogP contribution >= 0.6 is 0 Å². The largest absolute Gasteiger partial charge is 0.494 e. The molecule has 0 N–H and O–H groups in total. The second-order valence-corrected chi connectivity index (χ2v) is 8.57. The third-order valence-electron chi connectivity index (χ3n) is 6.27. The number of benzene rings is 3. The van der Waals surface area contributed by atoms with Crippen molar-refractivity contribution in [2.24, 2.45) is 0 Å². The summed E-state index contributed by atoms with van der Waals surface area (Å²) in [5.74, 6) is 0.109. The number of nitrogens with zero attached hydrogens (tertiary/aromatic N) is 3. The molecule has 0 atom stereocenters. The number of imide groups is 1. The van der Waals surface area contributed by atoms with E-state index in [0.717, 1.165) is 23.5 Å². The van der Waals surface area contributed by atoms with Crippen molar-refractivity contribution >= 4 is 34.4 Å². The number of carbonyl (C=O) groups excluding carboxylic acids is 2. The predicted octanol–water partition coefficient (Wildman–Crippen LogP) is 4.50. The smallest absolute Gasteiger partial charge is 0.282 e. The van der Waals surface area contributed by atoms with Crippen molar-refractivity contribution in [1.82, 2.24) is 0 Å². The molecular weight excluding hydrogens is 426 g/mol. The lowest BCUT2D eigenvalue weighted by atomic mass is 10.0. The number of para-hydroxylation sites is 1. The Bertz CT molecular complexity index is 1290. The number of hydrogen-bond acceptors (Lipinski definition) is 5. The minimum Gasteiger partial charge on any atom is -0.494 e. The Hall–Kier alpha value is -4.06. The van der Waals surface area contributed by atoms with Crippen LogP contribution in [-0.4, -0.2) is 39.1 Å². The van der Waals surface area contributed by atoms with Crippen molar-refractivity contribution in [1.29, 1.82) is 0 Å². The van der Waals surface area contributed by atoms with Gasteiger partial charge in [-0.15, -0.1) is 0 Å². The molecule has 0 aromatic heterocycles. The van der Waals surface area contributed by atoms with Gasteiger partial charge in [-0.3, -0.25) is 9.59 Å². The Morgan fingerprint density at radius 3 is 2.41 bits per heavy atom. The van der Waals surface area contributed by atoms with Gasteiger partial charge < -0.3 is 14.5 Å². The summed E-state index contributed by atoms with van der Waals surface area (Å²) in [6.45, 7) is 3.14. The van der Waals surface area contributed by atoms with Gasteiger partial charge in [0.05, 0.1) is 17.9 Å². The summed E-state index contributed by atoms with van der Waals surface area (Å²) in [5, 5.41) is 0. The molecule has 2 aliphatic heterocycles. The lowest BCUT2D eigenvalue weighted by Gasteiger charge is -2.22. The molecule has 172 valence electrons. The monoisotopic (exact) mass is 453 g/mol. The average Bonchev–Trinajstić information content (AvgIpc) is 3.37. The van der Waals surface area contributed by atoms with Crippen LogP contribution in [0.25, 0.3) is 5.57 Å². The SMILES string of the molecule is CCOc1ccc(C2=C(N3CCc4ccccc43)C(=O)N(c3cccc(N(C)C)c3)C2=O)cc1. The molecule has 0 bridgehead atoms. The molecule has 0 aliphatic carbocycles. The zero-order valence-electron chi connectivity index (χ0n) is 19.6. The third kappa shape index (κ3) is 3.61. The summed E-state index contributed by atoms with van der Waals surface area (Å²) in [5.41, 5.74) is 5.18. The Balaban J connectivity index is 1.64. The van der Waals surface area contributed by atoms with Gasteiger partial charge in [-0.1, -0.05) is 36.4 Å². The molecule has 2 heterocycles. The van der Waals surface area contributed by atoms with Crippen LogP contribution in [0, 0.1) is 0 Å². The molecule has 0 unspecified atom stereocenters. The van der Waals surface area contributed by atoms with E-state index in [-0.39, 0.29) is 11.8 Å². The molecule has 5 rings (SSSR count). The van der Waals surface area contributed by atoms with Crippen LogP contribution in [0.2, 0.25) is 0 Å². The number of hydrogen-bond donors (Lipinski definition) is 0. The summed E-state index contributed by atoms with van der Waals surface area (Å²) >= 11 is 0. The number of rotatable bonds is 6. The molecule has 34 heavy (non-hydrogen) atoms. The number of ether oxygens (including phenoxy) is 1. The van der Waals surface area contributed by atoms with Crippen LogP contribution in [0.15, 0.2) is 78.5 Å². The third-order valence-corrected chi connectivity index (χ3v) is 6.27. The van der Waals surface area contributed by atoms with Crippen molar-refractivity contribution in [3.63, 3.8) is 0 Å². The first-order valence-corrected chi connectivity index (χ1v) is 11.5. The lowest BCUT2D eigenvalue weighted by Crippen LogP contribution is -2.35. The van der Waals surface area contributed by atoms with Gasteiger partial charge in [0.25, 0.3) is 11.8 Å². The van der Waals surface area contributed by atoms with Crippen molar-refractivity contribution in [2.75, 3.05) is 41.9 Å². The van der Waals surface area contributed by atoms with Gasteiger partial charge in [-0.05, 0) is 60.9 Å². The highest BCUT2D eigenvalue weighted by atomic mass is 16.5. The summed E-state index contributed by atoms with van der Waals surface area (Å²) in [6.07, 6.45) is 0.827. The maximum atomic E-state index is 13.9.